The summed E-state index contributed by atoms with van der Waals surface area (Å²) in [4.78, 5) is 43.7. The minimum atomic E-state index is -0.409. The van der Waals surface area contributed by atoms with Crippen molar-refractivity contribution in [3.8, 4) is 0 Å². The van der Waals surface area contributed by atoms with Crippen molar-refractivity contribution in [3.63, 3.8) is 0 Å². The molecule has 66 heavy (non-hydrogen) atoms. The molecule has 0 unspecified atom stereocenters. The maximum atomic E-state index is 14.5. The molecule has 6 aliphatic rings. The molecular formula is C53H80N8O5+4. The molecule has 2 atom stereocenters. The van der Waals surface area contributed by atoms with Crippen LogP contribution in [0.2, 0.25) is 0 Å². The van der Waals surface area contributed by atoms with Gasteiger partial charge in [0.1, 0.15) is 19.0 Å². The van der Waals surface area contributed by atoms with Crippen molar-refractivity contribution in [3.05, 3.63) is 104 Å². The molecule has 0 saturated carbocycles. The number of nitrogens with zero attached hydrogens (tertiary/aromatic N) is 7. The summed E-state index contributed by atoms with van der Waals surface area (Å²) in [5, 5.41) is 15.5. The summed E-state index contributed by atoms with van der Waals surface area (Å²) in [6.07, 6.45) is 9.41. The van der Waals surface area contributed by atoms with E-state index in [-0.39, 0.29) is 48.4 Å². The highest BCUT2D eigenvalue weighted by atomic mass is 16.5. The molecule has 0 radical (unpaired) electrons. The largest absolute Gasteiger partial charge is 0.511 e. The summed E-state index contributed by atoms with van der Waals surface area (Å²) >= 11 is 0. The Morgan fingerprint density at radius 2 is 1.36 bits per heavy atom. The van der Waals surface area contributed by atoms with E-state index in [1.807, 2.05) is 39.0 Å². The Bertz CT molecular complexity index is 2370. The molecule has 5 heterocycles. The molecule has 1 aliphatic carbocycles. The number of allylic oxidation sites excluding steroid dienone is 11. The van der Waals surface area contributed by atoms with Gasteiger partial charge in [-0.1, -0.05) is 26.5 Å². The Balaban J connectivity index is 1.40. The lowest BCUT2D eigenvalue weighted by atomic mass is 9.86. The maximum absolute atomic E-state index is 14.5. The minimum Gasteiger partial charge on any atom is -0.511 e. The van der Waals surface area contributed by atoms with E-state index in [1.54, 1.807) is 0 Å². The van der Waals surface area contributed by atoms with Crippen molar-refractivity contribution in [1.29, 1.82) is 0 Å². The molecule has 13 heteroatoms. The summed E-state index contributed by atoms with van der Waals surface area (Å²) < 4.78 is 15.4. The van der Waals surface area contributed by atoms with Crippen LogP contribution in [-0.4, -0.2) is 176 Å². The van der Waals surface area contributed by atoms with E-state index in [0.717, 1.165) is 100 Å². The van der Waals surface area contributed by atoms with Gasteiger partial charge in [-0.2, -0.15) is 0 Å². The lowest BCUT2D eigenvalue weighted by Gasteiger charge is -2.33. The molecule has 0 aromatic carbocycles. The Morgan fingerprint density at radius 3 is 1.91 bits per heavy atom. The molecule has 13 nitrogen and oxygen atoms in total. The number of aliphatic hydroxyl groups is 1. The summed E-state index contributed by atoms with van der Waals surface area (Å²) in [6, 6.07) is 0. The average Bonchev–Trinajstić information content (AvgIpc) is 3.94. The van der Waals surface area contributed by atoms with Crippen LogP contribution in [0.4, 0.5) is 0 Å². The number of carbonyl (C=O) groups excluding carboxylic acids is 2. The Morgan fingerprint density at radius 1 is 0.803 bits per heavy atom. The third-order valence-corrected chi connectivity index (χ3v) is 13.0. The van der Waals surface area contributed by atoms with Crippen molar-refractivity contribution in [2.45, 2.75) is 53.4 Å². The number of fused-ring (bicyclic) bond motifs is 5. The molecule has 1 fully saturated rings. The fourth-order valence-corrected chi connectivity index (χ4v) is 10.6. The zero-order valence-corrected chi connectivity index (χ0v) is 43.1. The number of nitrogens with one attached hydrogen (secondary N) is 1. The molecule has 5 aliphatic heterocycles. The Kier molecular flexibility index (Phi) is 14.5. The fraction of sp³-hybridized carbons (Fsp3) is 0.566. The van der Waals surface area contributed by atoms with Crippen LogP contribution in [0.1, 0.15) is 53.4 Å². The highest BCUT2D eigenvalue weighted by Gasteiger charge is 2.42. The molecule has 0 aromatic rings. The number of esters is 2. The monoisotopic (exact) mass is 909 g/mol. The highest BCUT2D eigenvalue weighted by Crippen LogP contribution is 2.46. The maximum Gasteiger partial charge on any atom is 0.340 e. The standard InChI is InChI=1S/C53H78N8O5/c1-18-37-32(3)41-23-42-33(4)39(20-21-48(63)65-30-35(26-58(6,7)8)27-59(9,10)11)51(56-42)40-22-47(62)49-34(5)43(57-52(40)49)24-45-38(19-2)50(46(55-45)25-44(37)54-41)53(64)66-31-36(28-60(12,13)14)29-61(15,16)17/h18,23-25,33,35-36,39H,1,19-22,26-31H2,2-17H3/q+2/p+2/t33-,39-/m0/s1. The second kappa shape index (κ2) is 19.0. The quantitative estimate of drug-likeness (QED) is 0.116. The molecule has 0 aromatic heterocycles. The van der Waals surface area contributed by atoms with Crippen LogP contribution in [0.5, 0.6) is 0 Å². The van der Waals surface area contributed by atoms with Crippen LogP contribution >= 0.6 is 0 Å². The predicted molar refractivity (Wildman–Crippen MR) is 266 cm³/mol. The first kappa shape index (κ1) is 50.5. The van der Waals surface area contributed by atoms with Crippen LogP contribution in [0.3, 0.4) is 0 Å². The van der Waals surface area contributed by atoms with Gasteiger partial charge in [0.15, 0.2) is 0 Å². The summed E-state index contributed by atoms with van der Waals surface area (Å²) in [5.41, 5.74) is 11.4. The van der Waals surface area contributed by atoms with Crippen molar-refractivity contribution >= 4 is 29.1 Å². The SMILES string of the molecule is C=CC1=C(C)C2=NC1=CC1=NC(=CC3=C(C)C4=C(O)CC(=C5NC(=C2)[C@@H](C)[C@@H]5CCC(=O)OCC(C[N+](C)(C)C)C[N+](C)(C)C)C4=N3)C(CC)=C1C(=O)OCC(C[N+](C)(C)C)C[N+](C)(C)C. The lowest BCUT2D eigenvalue weighted by Crippen LogP contribution is -2.48. The third kappa shape index (κ3) is 11.8. The van der Waals surface area contributed by atoms with Gasteiger partial charge in [0, 0.05) is 52.8 Å². The number of carbonyl (C=O) groups is 2. The molecule has 6 rings (SSSR count). The fourth-order valence-electron chi connectivity index (χ4n) is 10.6. The van der Waals surface area contributed by atoms with Gasteiger partial charge in [-0.25, -0.2) is 19.8 Å². The molecule has 1 saturated heterocycles. The van der Waals surface area contributed by atoms with Crippen molar-refractivity contribution < 1.29 is 42.1 Å². The predicted octanol–water partition coefficient (Wildman–Crippen LogP) is 6.75. The number of quaternary nitrogens is 4. The van der Waals surface area contributed by atoms with Gasteiger partial charge >= 0.3 is 11.9 Å². The molecule has 358 valence electrons. The molecule has 0 spiro atoms. The van der Waals surface area contributed by atoms with Crippen LogP contribution in [0, 0.1) is 23.7 Å². The number of aliphatic imine (C=N–C) groups is 3. The molecule has 8 bridgehead atoms. The van der Waals surface area contributed by atoms with Gasteiger partial charge in [-0.3, -0.25) is 4.79 Å². The Hall–Kier alpha value is -4.95. The second-order valence-electron chi connectivity index (χ2n) is 23.4. The van der Waals surface area contributed by atoms with E-state index in [1.165, 1.54) is 0 Å². The number of hydrogen-bond donors (Lipinski definition) is 2. The summed E-state index contributed by atoms with van der Waals surface area (Å²) in [5.74, 6) is -0.0882. The number of hydrogen-bond acceptors (Lipinski definition) is 9. The van der Waals surface area contributed by atoms with Crippen molar-refractivity contribution in [1.82, 2.24) is 5.32 Å². The highest BCUT2D eigenvalue weighted by molar-refractivity contribution is 6.28. The topological polar surface area (TPSA) is 122 Å². The van der Waals surface area contributed by atoms with Crippen LogP contribution < -0.4 is 5.32 Å². The van der Waals surface area contributed by atoms with Crippen LogP contribution in [0.15, 0.2) is 119 Å². The summed E-state index contributed by atoms with van der Waals surface area (Å²) in [7, 11) is 26.0. The van der Waals surface area contributed by atoms with E-state index in [4.69, 9.17) is 24.5 Å². The van der Waals surface area contributed by atoms with Gasteiger partial charge in [0.05, 0.1) is 162 Å². The van der Waals surface area contributed by atoms with E-state index in [0.29, 0.717) is 54.2 Å². The first-order valence-corrected chi connectivity index (χ1v) is 23.7. The average molecular weight is 909 g/mol. The van der Waals surface area contributed by atoms with Crippen molar-refractivity contribution in [2.75, 3.05) is 124 Å². The lowest BCUT2D eigenvalue weighted by molar-refractivity contribution is -0.896. The van der Waals surface area contributed by atoms with Gasteiger partial charge in [0.25, 0.3) is 0 Å². The normalized spacial score (nSPS) is 21.2. The van der Waals surface area contributed by atoms with Crippen LogP contribution in [-0.2, 0) is 19.1 Å². The van der Waals surface area contributed by atoms with E-state index < -0.39 is 5.97 Å². The van der Waals surface area contributed by atoms with Gasteiger partial charge in [-0.15, -0.1) is 0 Å². The zero-order valence-electron chi connectivity index (χ0n) is 43.1. The van der Waals surface area contributed by atoms with Crippen LogP contribution in [0.25, 0.3) is 0 Å². The number of aliphatic hydroxyl groups excluding tert-OH is 1. The van der Waals surface area contributed by atoms with Gasteiger partial charge < -0.3 is 37.8 Å². The zero-order chi connectivity index (χ0) is 48.8. The third-order valence-electron chi connectivity index (χ3n) is 13.0. The van der Waals surface area contributed by atoms with Gasteiger partial charge in [0.2, 0.25) is 0 Å². The van der Waals surface area contributed by atoms with Gasteiger partial charge in [-0.05, 0) is 61.6 Å². The van der Waals surface area contributed by atoms with E-state index in [9.17, 15) is 14.7 Å². The Labute approximate surface area is 395 Å². The molecule has 2 N–H and O–H groups in total. The first-order valence-electron chi connectivity index (χ1n) is 23.7. The number of ether oxygens (including phenoxy) is 2. The minimum absolute atomic E-state index is 0.0190. The molecular weight excluding hydrogens is 829 g/mol. The van der Waals surface area contributed by atoms with E-state index in [2.05, 4.69) is 109 Å². The number of rotatable bonds is 18. The first-order chi connectivity index (χ1) is 30.6. The summed E-state index contributed by atoms with van der Waals surface area (Å²) in [6.45, 7) is 16.6. The smallest absolute Gasteiger partial charge is 0.340 e. The van der Waals surface area contributed by atoms with Crippen molar-refractivity contribution in [2.24, 2.45) is 38.6 Å². The molecule has 0 amide bonds. The second-order valence-corrected chi connectivity index (χ2v) is 23.4. The van der Waals surface area contributed by atoms with E-state index >= 15 is 0 Å².